The number of ether oxygens (including phenoxy) is 1. The molecule has 0 amide bonds. The molecule has 0 fully saturated rings. The summed E-state index contributed by atoms with van der Waals surface area (Å²) in [6, 6.07) is 4.37. The summed E-state index contributed by atoms with van der Waals surface area (Å²) < 4.78 is 5.25. The van der Waals surface area contributed by atoms with Crippen LogP contribution in [0, 0.1) is 0 Å². The maximum absolute atomic E-state index is 10.8. The molecule has 0 aliphatic carbocycles. The van der Waals surface area contributed by atoms with Gasteiger partial charge >= 0.3 is 5.97 Å². The Bertz CT molecular complexity index is 344. The van der Waals surface area contributed by atoms with Crippen LogP contribution in [-0.4, -0.2) is 22.3 Å². The highest BCUT2D eigenvalue weighted by atomic mass is 16.5. The Morgan fingerprint density at radius 3 is 2.57 bits per heavy atom. The summed E-state index contributed by atoms with van der Waals surface area (Å²) in [6.07, 6.45) is -0.130. The van der Waals surface area contributed by atoms with Crippen molar-refractivity contribution in [3.63, 3.8) is 0 Å². The largest absolute Gasteiger partial charge is 0.507 e. The van der Waals surface area contributed by atoms with Gasteiger partial charge in [-0.2, -0.15) is 0 Å². The van der Waals surface area contributed by atoms with Gasteiger partial charge in [-0.3, -0.25) is 0 Å². The number of carboxylic acid groups (broad SMARTS) is 1. The second-order valence-electron chi connectivity index (χ2n) is 3.12. The molecule has 4 nitrogen and oxygen atoms in total. The summed E-state index contributed by atoms with van der Waals surface area (Å²) in [5.74, 6) is -1.29. The predicted octanol–water partition coefficient (Wildman–Crippen LogP) is 1.88. The third kappa shape index (κ3) is 2.16. The van der Waals surface area contributed by atoms with Crippen LogP contribution in [0.15, 0.2) is 18.2 Å². The minimum absolute atomic E-state index is 0.130. The molecule has 76 valence electrons. The van der Waals surface area contributed by atoms with Gasteiger partial charge in [-0.1, -0.05) is 6.07 Å². The first-order valence-corrected chi connectivity index (χ1v) is 4.24. The molecule has 0 radical (unpaired) electrons. The lowest BCUT2D eigenvalue weighted by Gasteiger charge is -2.12. The molecule has 14 heavy (non-hydrogen) atoms. The van der Waals surface area contributed by atoms with Crippen LogP contribution in [0.1, 0.15) is 24.2 Å². The fourth-order valence-electron chi connectivity index (χ4n) is 1.09. The highest BCUT2D eigenvalue weighted by molar-refractivity contribution is 5.93. The third-order valence-electron chi connectivity index (χ3n) is 1.58. The van der Waals surface area contributed by atoms with Gasteiger partial charge in [0.2, 0.25) is 0 Å². The van der Waals surface area contributed by atoms with E-state index in [4.69, 9.17) is 9.84 Å². The van der Waals surface area contributed by atoms with Crippen molar-refractivity contribution in [2.75, 3.05) is 0 Å². The zero-order valence-electron chi connectivity index (χ0n) is 8.02. The molecule has 1 aromatic carbocycles. The van der Waals surface area contributed by atoms with Gasteiger partial charge in [0.15, 0.2) is 0 Å². The molecule has 0 saturated heterocycles. The van der Waals surface area contributed by atoms with Crippen LogP contribution < -0.4 is 4.74 Å². The van der Waals surface area contributed by atoms with Gasteiger partial charge < -0.3 is 14.9 Å². The molecule has 0 atom stereocenters. The first-order valence-electron chi connectivity index (χ1n) is 4.24. The van der Waals surface area contributed by atoms with E-state index < -0.39 is 5.97 Å². The van der Waals surface area contributed by atoms with E-state index in [1.165, 1.54) is 12.1 Å². The molecule has 1 aromatic rings. The van der Waals surface area contributed by atoms with Crippen molar-refractivity contribution < 1.29 is 19.7 Å². The van der Waals surface area contributed by atoms with Gasteiger partial charge in [-0.05, 0) is 26.0 Å². The van der Waals surface area contributed by atoms with Crippen molar-refractivity contribution in [2.45, 2.75) is 20.0 Å². The Morgan fingerprint density at radius 2 is 2.07 bits per heavy atom. The lowest BCUT2D eigenvalue weighted by Crippen LogP contribution is -2.09. The summed E-state index contributed by atoms with van der Waals surface area (Å²) >= 11 is 0. The Morgan fingerprint density at radius 1 is 1.43 bits per heavy atom. The molecule has 0 aliphatic heterocycles. The number of hydrogen-bond donors (Lipinski definition) is 2. The van der Waals surface area contributed by atoms with Crippen LogP contribution >= 0.6 is 0 Å². The van der Waals surface area contributed by atoms with Crippen molar-refractivity contribution in [2.24, 2.45) is 0 Å². The van der Waals surface area contributed by atoms with Crippen molar-refractivity contribution in [1.82, 2.24) is 0 Å². The minimum atomic E-state index is -1.20. The maximum Gasteiger partial charge on any atom is 0.343 e. The molecule has 1 rings (SSSR count). The quantitative estimate of drug-likeness (QED) is 0.774. The molecule has 0 aromatic heterocycles. The summed E-state index contributed by atoms with van der Waals surface area (Å²) in [4.78, 5) is 10.8. The van der Waals surface area contributed by atoms with E-state index in [0.717, 1.165) is 0 Å². The van der Waals surface area contributed by atoms with Crippen LogP contribution in [0.25, 0.3) is 0 Å². The third-order valence-corrected chi connectivity index (χ3v) is 1.58. The normalized spacial score (nSPS) is 10.2. The molecule has 0 spiro atoms. The van der Waals surface area contributed by atoms with E-state index >= 15 is 0 Å². The fraction of sp³-hybridized carbons (Fsp3) is 0.300. The van der Waals surface area contributed by atoms with Gasteiger partial charge in [0.1, 0.15) is 17.1 Å². The van der Waals surface area contributed by atoms with Crippen molar-refractivity contribution >= 4 is 5.97 Å². The molecule has 0 bridgehead atoms. The van der Waals surface area contributed by atoms with E-state index in [2.05, 4.69) is 0 Å². The number of carbonyl (C=O) groups is 1. The predicted molar refractivity (Wildman–Crippen MR) is 50.8 cm³/mol. The van der Waals surface area contributed by atoms with E-state index in [1.807, 2.05) is 0 Å². The van der Waals surface area contributed by atoms with E-state index in [0.29, 0.717) is 0 Å². The lowest BCUT2D eigenvalue weighted by atomic mass is 10.2. The maximum atomic E-state index is 10.8. The van der Waals surface area contributed by atoms with E-state index in [1.54, 1.807) is 19.9 Å². The van der Waals surface area contributed by atoms with Crippen LogP contribution in [-0.2, 0) is 0 Å². The van der Waals surface area contributed by atoms with Crippen molar-refractivity contribution in [3.8, 4) is 11.5 Å². The number of benzene rings is 1. The second kappa shape index (κ2) is 4.00. The summed E-state index contributed by atoms with van der Waals surface area (Å²) in [5.41, 5.74) is -0.193. The Kier molecular flexibility index (Phi) is 2.96. The Hall–Kier alpha value is -1.71. The van der Waals surface area contributed by atoms with E-state index in [9.17, 15) is 9.90 Å². The Balaban J connectivity index is 3.14. The van der Waals surface area contributed by atoms with Crippen molar-refractivity contribution in [3.05, 3.63) is 23.8 Å². The van der Waals surface area contributed by atoms with Gasteiger partial charge in [0.25, 0.3) is 0 Å². The minimum Gasteiger partial charge on any atom is -0.507 e. The number of phenols is 1. The lowest BCUT2D eigenvalue weighted by molar-refractivity contribution is 0.0687. The Labute approximate surface area is 81.8 Å². The molecular formula is C10H12O4. The molecule has 4 heteroatoms. The molecule has 2 N–H and O–H groups in total. The summed E-state index contributed by atoms with van der Waals surface area (Å²) in [6.45, 7) is 3.57. The fourth-order valence-corrected chi connectivity index (χ4v) is 1.09. The first-order chi connectivity index (χ1) is 6.52. The number of rotatable bonds is 3. The molecule has 0 aliphatic rings. The average Bonchev–Trinajstić information content (AvgIpc) is 2.01. The monoisotopic (exact) mass is 196 g/mol. The SMILES string of the molecule is CC(C)Oc1cccc(O)c1C(=O)O. The van der Waals surface area contributed by atoms with E-state index in [-0.39, 0.29) is 23.2 Å². The van der Waals surface area contributed by atoms with Crippen LogP contribution in [0.4, 0.5) is 0 Å². The van der Waals surface area contributed by atoms with Crippen molar-refractivity contribution in [1.29, 1.82) is 0 Å². The summed E-state index contributed by atoms with van der Waals surface area (Å²) in [7, 11) is 0. The highest BCUT2D eigenvalue weighted by Gasteiger charge is 2.16. The number of hydrogen-bond acceptors (Lipinski definition) is 3. The smallest absolute Gasteiger partial charge is 0.343 e. The van der Waals surface area contributed by atoms with Crippen LogP contribution in [0.3, 0.4) is 0 Å². The number of aromatic hydroxyl groups is 1. The van der Waals surface area contributed by atoms with Gasteiger partial charge in [0.05, 0.1) is 6.10 Å². The zero-order valence-corrected chi connectivity index (χ0v) is 8.02. The molecule has 0 unspecified atom stereocenters. The highest BCUT2D eigenvalue weighted by Crippen LogP contribution is 2.27. The van der Waals surface area contributed by atoms with Crippen LogP contribution in [0.5, 0.6) is 11.5 Å². The second-order valence-corrected chi connectivity index (χ2v) is 3.12. The molecule has 0 saturated carbocycles. The molecule has 0 heterocycles. The first kappa shape index (κ1) is 10.4. The number of aromatic carboxylic acids is 1. The standard InChI is InChI=1S/C10H12O4/c1-6(2)14-8-5-3-4-7(11)9(8)10(12)13/h3-6,11H,1-2H3,(H,12,13). The topological polar surface area (TPSA) is 66.8 Å². The average molecular weight is 196 g/mol. The molecular weight excluding hydrogens is 184 g/mol. The van der Waals surface area contributed by atoms with Crippen LogP contribution in [0.2, 0.25) is 0 Å². The summed E-state index contributed by atoms with van der Waals surface area (Å²) in [5, 5.41) is 18.1. The van der Waals surface area contributed by atoms with Gasteiger partial charge in [-0.15, -0.1) is 0 Å². The zero-order chi connectivity index (χ0) is 10.7. The van der Waals surface area contributed by atoms with Gasteiger partial charge in [0, 0.05) is 0 Å². The van der Waals surface area contributed by atoms with Gasteiger partial charge in [-0.25, -0.2) is 4.79 Å². The number of carboxylic acids is 1.